The zero-order chi connectivity index (χ0) is 26.5. The molecule has 0 N–H and O–H groups in total. The van der Waals surface area contributed by atoms with Crippen LogP contribution in [0.15, 0.2) is 66.9 Å². The standard InChI is InChI=1S/C33H42FNO2/c1-4-6-8-9-10-11-14-24-33(3,34)32(36)37-28-21-19-27(20-22-28)29-16-12-13-17-30(29)31-23-18-26(25-35-31)15-7-5-2/h12-13,16-23,25H,4-11,14-15,24H2,1-3H3. The van der Waals surface area contributed by atoms with Gasteiger partial charge in [-0.3, -0.25) is 4.98 Å². The molecule has 0 aliphatic rings. The maximum Gasteiger partial charge on any atom is 0.348 e. The molecule has 1 atom stereocenters. The van der Waals surface area contributed by atoms with Crippen molar-refractivity contribution in [2.45, 2.75) is 97.1 Å². The van der Waals surface area contributed by atoms with E-state index in [0.717, 1.165) is 48.1 Å². The molecule has 0 amide bonds. The Morgan fingerprint density at radius 3 is 2.11 bits per heavy atom. The Morgan fingerprint density at radius 1 is 0.811 bits per heavy atom. The average molecular weight is 504 g/mol. The van der Waals surface area contributed by atoms with E-state index >= 15 is 0 Å². The van der Waals surface area contributed by atoms with Crippen LogP contribution in [-0.4, -0.2) is 16.6 Å². The first-order chi connectivity index (χ1) is 17.9. The van der Waals surface area contributed by atoms with E-state index < -0.39 is 11.6 Å². The maximum absolute atomic E-state index is 15.0. The second-order valence-electron chi connectivity index (χ2n) is 10.2. The highest BCUT2D eigenvalue weighted by Crippen LogP contribution is 2.32. The van der Waals surface area contributed by atoms with Crippen molar-refractivity contribution >= 4 is 5.97 Å². The second-order valence-corrected chi connectivity index (χ2v) is 10.2. The van der Waals surface area contributed by atoms with Crippen molar-refractivity contribution in [1.82, 2.24) is 4.98 Å². The molecule has 2 aromatic carbocycles. The molecule has 0 aliphatic carbocycles. The summed E-state index contributed by atoms with van der Waals surface area (Å²) in [7, 11) is 0. The lowest BCUT2D eigenvalue weighted by atomic mass is 9.97. The Labute approximate surface area is 222 Å². The van der Waals surface area contributed by atoms with Crippen LogP contribution in [0, 0.1) is 0 Å². The fraction of sp³-hybridized carbons (Fsp3) is 0.455. The smallest absolute Gasteiger partial charge is 0.348 e. The number of nitrogens with zero attached hydrogens (tertiary/aromatic N) is 1. The van der Waals surface area contributed by atoms with E-state index in [-0.39, 0.29) is 6.42 Å². The molecule has 1 unspecified atom stereocenters. The number of aryl methyl sites for hydroxylation is 1. The van der Waals surface area contributed by atoms with Crippen molar-refractivity contribution in [3.05, 3.63) is 72.4 Å². The first-order valence-electron chi connectivity index (χ1n) is 14.0. The lowest BCUT2D eigenvalue weighted by Gasteiger charge is -2.18. The average Bonchev–Trinajstić information content (AvgIpc) is 2.92. The van der Waals surface area contributed by atoms with Gasteiger partial charge >= 0.3 is 5.97 Å². The minimum Gasteiger partial charge on any atom is -0.424 e. The molecule has 3 aromatic rings. The number of carbonyl (C=O) groups excluding carboxylic acids is 1. The highest BCUT2D eigenvalue weighted by molar-refractivity contribution is 5.83. The molecule has 0 aliphatic heterocycles. The second kappa shape index (κ2) is 14.7. The van der Waals surface area contributed by atoms with Gasteiger partial charge in [0.05, 0.1) is 5.69 Å². The number of pyridine rings is 1. The number of benzene rings is 2. The summed E-state index contributed by atoms with van der Waals surface area (Å²) in [6.07, 6.45) is 13.1. The molecule has 0 bridgehead atoms. The zero-order valence-electron chi connectivity index (χ0n) is 22.8. The Bertz CT molecular complexity index is 1090. The third kappa shape index (κ3) is 8.80. The van der Waals surface area contributed by atoms with Gasteiger partial charge in [-0.25, -0.2) is 9.18 Å². The van der Waals surface area contributed by atoms with E-state index in [1.54, 1.807) is 12.1 Å². The molecule has 0 spiro atoms. The van der Waals surface area contributed by atoms with E-state index in [9.17, 15) is 9.18 Å². The van der Waals surface area contributed by atoms with Crippen LogP contribution in [-0.2, 0) is 11.2 Å². The number of aromatic nitrogens is 1. The number of alkyl halides is 1. The fourth-order valence-corrected chi connectivity index (χ4v) is 4.50. The first-order valence-corrected chi connectivity index (χ1v) is 14.0. The van der Waals surface area contributed by atoms with Crippen LogP contribution in [0.1, 0.15) is 90.5 Å². The van der Waals surface area contributed by atoms with Crippen molar-refractivity contribution in [1.29, 1.82) is 0 Å². The molecule has 0 fully saturated rings. The van der Waals surface area contributed by atoms with E-state index in [1.165, 1.54) is 44.6 Å². The van der Waals surface area contributed by atoms with Crippen LogP contribution in [0.25, 0.3) is 22.4 Å². The summed E-state index contributed by atoms with van der Waals surface area (Å²) >= 11 is 0. The summed E-state index contributed by atoms with van der Waals surface area (Å²) in [5, 5.41) is 0. The zero-order valence-corrected chi connectivity index (χ0v) is 22.8. The Balaban J connectivity index is 1.60. The topological polar surface area (TPSA) is 39.2 Å². The highest BCUT2D eigenvalue weighted by Gasteiger charge is 2.34. The number of carbonyl (C=O) groups is 1. The predicted molar refractivity (Wildman–Crippen MR) is 151 cm³/mol. The molecule has 3 rings (SSSR count). The molecule has 0 saturated heterocycles. The summed E-state index contributed by atoms with van der Waals surface area (Å²) in [6.45, 7) is 5.72. The lowest BCUT2D eigenvalue weighted by Crippen LogP contribution is -2.34. The molecule has 0 saturated carbocycles. The summed E-state index contributed by atoms with van der Waals surface area (Å²) in [5.74, 6) is -0.466. The summed E-state index contributed by atoms with van der Waals surface area (Å²) < 4.78 is 20.4. The van der Waals surface area contributed by atoms with Crippen molar-refractivity contribution in [2.75, 3.05) is 0 Å². The van der Waals surface area contributed by atoms with Crippen molar-refractivity contribution in [3.63, 3.8) is 0 Å². The molecule has 4 heteroatoms. The van der Waals surface area contributed by atoms with Crippen LogP contribution in [0.3, 0.4) is 0 Å². The third-order valence-corrected chi connectivity index (χ3v) is 6.90. The monoisotopic (exact) mass is 503 g/mol. The molecule has 198 valence electrons. The number of hydrogen-bond acceptors (Lipinski definition) is 3. The highest BCUT2D eigenvalue weighted by atomic mass is 19.1. The number of unbranched alkanes of at least 4 members (excludes halogenated alkanes) is 7. The van der Waals surface area contributed by atoms with E-state index in [0.29, 0.717) is 12.2 Å². The van der Waals surface area contributed by atoms with Crippen molar-refractivity contribution in [2.24, 2.45) is 0 Å². The van der Waals surface area contributed by atoms with E-state index in [1.807, 2.05) is 30.5 Å². The molecule has 3 nitrogen and oxygen atoms in total. The van der Waals surface area contributed by atoms with Gasteiger partial charge in [0.2, 0.25) is 5.67 Å². The van der Waals surface area contributed by atoms with E-state index in [2.05, 4.69) is 38.1 Å². The minimum absolute atomic E-state index is 0.190. The number of hydrogen-bond donors (Lipinski definition) is 0. The van der Waals surface area contributed by atoms with Crippen LogP contribution in [0.4, 0.5) is 4.39 Å². The van der Waals surface area contributed by atoms with Crippen LogP contribution in [0.2, 0.25) is 0 Å². The summed E-state index contributed by atoms with van der Waals surface area (Å²) in [5.41, 5.74) is 3.26. The van der Waals surface area contributed by atoms with Gasteiger partial charge < -0.3 is 4.74 Å². The van der Waals surface area contributed by atoms with Crippen LogP contribution >= 0.6 is 0 Å². The molecular formula is C33H42FNO2. The molecule has 37 heavy (non-hydrogen) atoms. The minimum atomic E-state index is -1.98. The SMILES string of the molecule is CCCCCCCCCC(C)(F)C(=O)Oc1ccc(-c2ccccc2-c2ccc(CCCC)cn2)cc1. The van der Waals surface area contributed by atoms with Gasteiger partial charge in [-0.1, -0.05) is 101 Å². The van der Waals surface area contributed by atoms with Crippen LogP contribution < -0.4 is 4.74 Å². The van der Waals surface area contributed by atoms with Gasteiger partial charge in [-0.15, -0.1) is 0 Å². The predicted octanol–water partition coefficient (Wildman–Crippen LogP) is 9.53. The quantitative estimate of drug-likeness (QED) is 0.118. The van der Waals surface area contributed by atoms with Gasteiger partial charge in [0.1, 0.15) is 5.75 Å². The Morgan fingerprint density at radius 2 is 1.46 bits per heavy atom. The van der Waals surface area contributed by atoms with Gasteiger partial charge in [0.25, 0.3) is 0 Å². The summed E-state index contributed by atoms with van der Waals surface area (Å²) in [4.78, 5) is 17.2. The van der Waals surface area contributed by atoms with Gasteiger partial charge in [-0.2, -0.15) is 0 Å². The number of halogens is 1. The fourth-order valence-electron chi connectivity index (χ4n) is 4.50. The third-order valence-electron chi connectivity index (χ3n) is 6.90. The Kier molecular flexibility index (Phi) is 11.3. The molecule has 0 radical (unpaired) electrons. The largest absolute Gasteiger partial charge is 0.424 e. The van der Waals surface area contributed by atoms with Gasteiger partial charge in [0.15, 0.2) is 0 Å². The normalized spacial score (nSPS) is 12.8. The number of ether oxygens (including phenoxy) is 1. The number of esters is 1. The van der Waals surface area contributed by atoms with Crippen molar-refractivity contribution < 1.29 is 13.9 Å². The maximum atomic E-state index is 15.0. The summed E-state index contributed by atoms with van der Waals surface area (Å²) in [6, 6.07) is 19.6. The van der Waals surface area contributed by atoms with Gasteiger partial charge in [-0.05, 0) is 67.5 Å². The van der Waals surface area contributed by atoms with Crippen LogP contribution in [0.5, 0.6) is 5.75 Å². The molecule has 1 heterocycles. The number of rotatable bonds is 15. The molecule has 1 aromatic heterocycles. The van der Waals surface area contributed by atoms with Gasteiger partial charge in [0, 0.05) is 11.8 Å². The Hall–Kier alpha value is -3.01. The van der Waals surface area contributed by atoms with Crippen molar-refractivity contribution in [3.8, 4) is 28.1 Å². The lowest BCUT2D eigenvalue weighted by molar-refractivity contribution is -0.147. The molecular weight excluding hydrogens is 461 g/mol. The first kappa shape index (κ1) is 28.6. The van der Waals surface area contributed by atoms with E-state index in [4.69, 9.17) is 9.72 Å².